The summed E-state index contributed by atoms with van der Waals surface area (Å²) >= 11 is 0. The van der Waals surface area contributed by atoms with Crippen molar-refractivity contribution in [1.82, 2.24) is 0 Å². The summed E-state index contributed by atoms with van der Waals surface area (Å²) in [6.07, 6.45) is 2.09. The molecule has 3 N–H and O–H groups in total. The summed E-state index contributed by atoms with van der Waals surface area (Å²) in [6, 6.07) is 10.8. The molecule has 0 fully saturated rings. The van der Waals surface area contributed by atoms with Gasteiger partial charge in [0.15, 0.2) is 0 Å². The molecule has 3 aromatic rings. The van der Waals surface area contributed by atoms with Gasteiger partial charge in [-0.2, -0.15) is 0 Å². The topological polar surface area (TPSA) is 60.7 Å². The minimum absolute atomic E-state index is 0.207. The van der Waals surface area contributed by atoms with Gasteiger partial charge >= 0.3 is 0 Å². The fourth-order valence-electron chi connectivity index (χ4n) is 6.05. The lowest BCUT2D eigenvalue weighted by Gasteiger charge is -2.29. The first-order valence-electron chi connectivity index (χ1n) is 15.5. The standard InChI is InChI=1S/C39H56O3/c1-15-27-28(18-25-21-31(38(9,10)11)35(42)32(22-25)39(12,13)14)26(16-23(2)33(27)40)17-24-19-29(36(3,4)5)34(41)30(20-24)37(6,7)8/h16,19-22,40-42H,15,17-18H2,1-14H3. The van der Waals surface area contributed by atoms with Crippen molar-refractivity contribution in [1.29, 1.82) is 0 Å². The van der Waals surface area contributed by atoms with Crippen molar-refractivity contribution < 1.29 is 15.3 Å². The molecule has 42 heavy (non-hydrogen) atoms. The second-order valence-electron chi connectivity index (χ2n) is 16.4. The van der Waals surface area contributed by atoms with Crippen molar-refractivity contribution in [2.75, 3.05) is 0 Å². The molecule has 3 heteroatoms. The first-order valence-corrected chi connectivity index (χ1v) is 15.5. The van der Waals surface area contributed by atoms with Crippen LogP contribution in [0.5, 0.6) is 17.2 Å². The van der Waals surface area contributed by atoms with Crippen LogP contribution in [0.4, 0.5) is 0 Å². The van der Waals surface area contributed by atoms with E-state index in [1.54, 1.807) is 0 Å². The quantitative estimate of drug-likeness (QED) is 0.285. The molecule has 0 atom stereocenters. The van der Waals surface area contributed by atoms with Crippen LogP contribution in [0.3, 0.4) is 0 Å². The summed E-state index contributed by atoms with van der Waals surface area (Å²) < 4.78 is 0. The average Bonchev–Trinajstić information content (AvgIpc) is 2.81. The highest BCUT2D eigenvalue weighted by Crippen LogP contribution is 2.43. The Morgan fingerprint density at radius 2 is 0.810 bits per heavy atom. The van der Waals surface area contributed by atoms with Gasteiger partial charge in [-0.15, -0.1) is 0 Å². The molecule has 3 nitrogen and oxygen atoms in total. The number of aromatic hydroxyl groups is 3. The van der Waals surface area contributed by atoms with Gasteiger partial charge in [-0.25, -0.2) is 0 Å². The van der Waals surface area contributed by atoms with Crippen LogP contribution in [0.15, 0.2) is 30.3 Å². The van der Waals surface area contributed by atoms with E-state index < -0.39 is 0 Å². The van der Waals surface area contributed by atoms with Gasteiger partial charge in [0, 0.05) is 0 Å². The molecule has 0 bridgehead atoms. The molecule has 0 spiro atoms. The minimum atomic E-state index is -0.218. The zero-order valence-corrected chi connectivity index (χ0v) is 28.8. The zero-order chi connectivity index (χ0) is 32.2. The van der Waals surface area contributed by atoms with Crippen LogP contribution in [0.1, 0.15) is 146 Å². The number of phenolic OH excluding ortho intramolecular Hbond substituents is 3. The van der Waals surface area contributed by atoms with Crippen molar-refractivity contribution in [2.24, 2.45) is 0 Å². The van der Waals surface area contributed by atoms with E-state index in [0.29, 0.717) is 30.1 Å². The summed E-state index contributed by atoms with van der Waals surface area (Å²) in [5, 5.41) is 33.9. The van der Waals surface area contributed by atoms with Gasteiger partial charge in [0.2, 0.25) is 0 Å². The van der Waals surface area contributed by atoms with E-state index in [1.807, 2.05) is 6.92 Å². The van der Waals surface area contributed by atoms with Crippen LogP contribution in [-0.4, -0.2) is 15.3 Å². The third kappa shape index (κ3) is 6.99. The second-order valence-corrected chi connectivity index (χ2v) is 16.4. The fourth-order valence-corrected chi connectivity index (χ4v) is 6.05. The normalized spacial score (nSPS) is 13.1. The van der Waals surface area contributed by atoms with Crippen LogP contribution < -0.4 is 0 Å². The molecule has 0 heterocycles. The van der Waals surface area contributed by atoms with Crippen LogP contribution >= 0.6 is 0 Å². The molecule has 0 radical (unpaired) electrons. The van der Waals surface area contributed by atoms with E-state index >= 15 is 0 Å². The highest BCUT2D eigenvalue weighted by molar-refractivity contribution is 5.56. The Bertz CT molecular complexity index is 1390. The van der Waals surface area contributed by atoms with Crippen molar-refractivity contribution in [3.63, 3.8) is 0 Å². The molecule has 0 saturated carbocycles. The Balaban J connectivity index is 2.30. The summed E-state index contributed by atoms with van der Waals surface area (Å²) in [5.41, 5.74) is 9.47. The number of aryl methyl sites for hydroxylation is 1. The third-order valence-corrected chi connectivity index (χ3v) is 8.50. The minimum Gasteiger partial charge on any atom is -0.507 e. The maximum Gasteiger partial charge on any atom is 0.123 e. The molecule has 0 saturated heterocycles. The molecule has 0 unspecified atom stereocenters. The number of hydrogen-bond donors (Lipinski definition) is 3. The number of benzene rings is 3. The second kappa shape index (κ2) is 11.3. The summed E-state index contributed by atoms with van der Waals surface area (Å²) in [5.74, 6) is 1.15. The molecule has 3 rings (SSSR count). The Kier molecular flexibility index (Phi) is 9.02. The van der Waals surface area contributed by atoms with E-state index in [0.717, 1.165) is 56.5 Å². The van der Waals surface area contributed by atoms with Crippen molar-refractivity contribution in [2.45, 2.75) is 138 Å². The van der Waals surface area contributed by atoms with Gasteiger partial charge in [0.05, 0.1) is 0 Å². The van der Waals surface area contributed by atoms with E-state index in [2.05, 4.69) is 120 Å². The lowest BCUT2D eigenvalue weighted by Crippen LogP contribution is -2.18. The van der Waals surface area contributed by atoms with Crippen LogP contribution in [0.2, 0.25) is 0 Å². The van der Waals surface area contributed by atoms with Gasteiger partial charge in [-0.1, -0.05) is 120 Å². The van der Waals surface area contributed by atoms with Crippen LogP contribution in [-0.2, 0) is 40.9 Å². The summed E-state index contributed by atoms with van der Waals surface area (Å²) in [7, 11) is 0. The molecular weight excluding hydrogens is 516 g/mol. The fraction of sp³-hybridized carbons (Fsp3) is 0.538. The van der Waals surface area contributed by atoms with Gasteiger partial charge in [-0.3, -0.25) is 0 Å². The number of rotatable bonds is 5. The van der Waals surface area contributed by atoms with Gasteiger partial charge < -0.3 is 15.3 Å². The van der Waals surface area contributed by atoms with Gasteiger partial charge in [-0.05, 0) is 103 Å². The average molecular weight is 573 g/mol. The summed E-state index contributed by atoms with van der Waals surface area (Å²) in [6.45, 7) is 29.8. The molecular formula is C39H56O3. The lowest BCUT2D eigenvalue weighted by molar-refractivity contribution is 0.422. The van der Waals surface area contributed by atoms with E-state index in [4.69, 9.17) is 0 Å². The number of phenols is 3. The van der Waals surface area contributed by atoms with E-state index in [-0.39, 0.29) is 21.7 Å². The first-order chi connectivity index (χ1) is 19.0. The van der Waals surface area contributed by atoms with Gasteiger partial charge in [0.1, 0.15) is 17.2 Å². The molecule has 0 aliphatic carbocycles. The Morgan fingerprint density at radius 1 is 0.476 bits per heavy atom. The summed E-state index contributed by atoms with van der Waals surface area (Å²) in [4.78, 5) is 0. The van der Waals surface area contributed by atoms with Crippen molar-refractivity contribution in [3.8, 4) is 17.2 Å². The molecule has 0 aliphatic heterocycles. The van der Waals surface area contributed by atoms with Crippen LogP contribution in [0, 0.1) is 6.92 Å². The van der Waals surface area contributed by atoms with E-state index in [9.17, 15) is 15.3 Å². The van der Waals surface area contributed by atoms with Crippen molar-refractivity contribution >= 4 is 0 Å². The predicted molar refractivity (Wildman–Crippen MR) is 179 cm³/mol. The molecule has 3 aromatic carbocycles. The smallest absolute Gasteiger partial charge is 0.123 e. The molecule has 0 amide bonds. The molecule has 230 valence electrons. The van der Waals surface area contributed by atoms with Crippen molar-refractivity contribution in [3.05, 3.63) is 86.0 Å². The van der Waals surface area contributed by atoms with Gasteiger partial charge in [0.25, 0.3) is 0 Å². The predicted octanol–water partition coefficient (Wildman–Crippen LogP) is 10.0. The molecule has 0 aliphatic rings. The SMILES string of the molecule is CCc1c(O)c(C)cc(Cc2cc(C(C)(C)C)c(O)c(C(C)(C)C)c2)c1Cc1cc(C(C)(C)C)c(O)c(C(C)(C)C)c1. The largest absolute Gasteiger partial charge is 0.507 e. The molecule has 0 aromatic heterocycles. The monoisotopic (exact) mass is 572 g/mol. The van der Waals surface area contributed by atoms with E-state index in [1.165, 1.54) is 5.56 Å². The maximum absolute atomic E-state index is 11.3. The van der Waals surface area contributed by atoms with Crippen LogP contribution in [0.25, 0.3) is 0 Å². The first kappa shape index (κ1) is 33.6. The Labute approximate surface area is 256 Å². The Morgan fingerprint density at radius 3 is 1.12 bits per heavy atom. The number of hydrogen-bond acceptors (Lipinski definition) is 3. The highest BCUT2D eigenvalue weighted by Gasteiger charge is 2.29. The zero-order valence-electron chi connectivity index (χ0n) is 28.8. The maximum atomic E-state index is 11.3. The third-order valence-electron chi connectivity index (χ3n) is 8.50. The highest BCUT2D eigenvalue weighted by atomic mass is 16.3. The lowest BCUT2D eigenvalue weighted by atomic mass is 9.76. The Hall–Kier alpha value is -2.94.